The zero-order valence-corrected chi connectivity index (χ0v) is 13.3. The summed E-state index contributed by atoms with van der Waals surface area (Å²) in [6.45, 7) is 2.34. The van der Waals surface area contributed by atoms with E-state index in [1.807, 2.05) is 9.80 Å². The van der Waals surface area contributed by atoms with Crippen molar-refractivity contribution in [2.75, 3.05) is 31.1 Å². The molecular formula is C17H20F3N3O. The Hall–Kier alpha value is -2.05. The zero-order valence-electron chi connectivity index (χ0n) is 13.3. The zero-order chi connectivity index (χ0) is 17.2. The van der Waals surface area contributed by atoms with E-state index in [0.717, 1.165) is 25.1 Å². The van der Waals surface area contributed by atoms with Gasteiger partial charge in [-0.2, -0.15) is 13.2 Å². The van der Waals surface area contributed by atoms with Crippen LogP contribution in [-0.2, 0) is 11.0 Å². The van der Waals surface area contributed by atoms with Crippen LogP contribution in [0.5, 0.6) is 0 Å². The molecular weight excluding hydrogens is 319 g/mol. The Kier molecular flexibility index (Phi) is 4.78. The quantitative estimate of drug-likeness (QED) is 0.794. The maximum atomic E-state index is 12.6. The molecule has 0 radical (unpaired) electrons. The van der Waals surface area contributed by atoms with E-state index in [2.05, 4.69) is 17.1 Å². The highest BCUT2D eigenvalue weighted by Gasteiger charge is 2.31. The molecule has 7 heteroatoms. The highest BCUT2D eigenvalue weighted by Crippen LogP contribution is 2.29. The fourth-order valence-electron chi connectivity index (χ4n) is 3.14. The van der Waals surface area contributed by atoms with Crippen LogP contribution in [0.1, 0.15) is 24.8 Å². The number of halogens is 3. The first kappa shape index (κ1) is 16.8. The summed E-state index contributed by atoms with van der Waals surface area (Å²) in [6.07, 6.45) is 3.36. The van der Waals surface area contributed by atoms with E-state index >= 15 is 0 Å². The minimum atomic E-state index is -4.37. The lowest BCUT2D eigenvalue weighted by Crippen LogP contribution is -2.49. The summed E-state index contributed by atoms with van der Waals surface area (Å²) >= 11 is 0. The van der Waals surface area contributed by atoms with Crippen molar-refractivity contribution in [2.24, 2.45) is 5.92 Å². The first-order valence-electron chi connectivity index (χ1n) is 8.16. The van der Waals surface area contributed by atoms with Crippen molar-refractivity contribution in [3.63, 3.8) is 0 Å². The number of pyridine rings is 1. The molecule has 1 aromatic heterocycles. The summed E-state index contributed by atoms with van der Waals surface area (Å²) in [5, 5.41) is 0. The Morgan fingerprint density at radius 2 is 1.96 bits per heavy atom. The van der Waals surface area contributed by atoms with E-state index < -0.39 is 11.7 Å². The Morgan fingerprint density at radius 3 is 2.50 bits per heavy atom. The van der Waals surface area contributed by atoms with Gasteiger partial charge in [0.15, 0.2) is 0 Å². The van der Waals surface area contributed by atoms with Crippen molar-refractivity contribution < 1.29 is 18.0 Å². The van der Waals surface area contributed by atoms with Crippen molar-refractivity contribution in [1.82, 2.24) is 9.88 Å². The summed E-state index contributed by atoms with van der Waals surface area (Å²) in [6, 6.07) is 2.44. The fourth-order valence-corrected chi connectivity index (χ4v) is 3.14. The van der Waals surface area contributed by atoms with E-state index in [1.54, 1.807) is 0 Å². The lowest BCUT2D eigenvalue weighted by Gasteiger charge is -2.35. The van der Waals surface area contributed by atoms with Crippen molar-refractivity contribution in [1.29, 1.82) is 0 Å². The molecule has 1 aromatic rings. The number of hydrogen-bond donors (Lipinski definition) is 0. The van der Waals surface area contributed by atoms with E-state index in [9.17, 15) is 18.0 Å². The standard InChI is InChI=1S/C17H20F3N3O/c18-17(19,20)14-5-6-15(21-12-14)22-7-9-23(10-8-22)16(24)11-13-3-1-2-4-13/h1,3,5-6,12-13H,2,4,7-11H2. The number of amides is 1. The number of hydrogen-bond acceptors (Lipinski definition) is 3. The van der Waals surface area contributed by atoms with Gasteiger partial charge in [0.05, 0.1) is 5.56 Å². The minimum Gasteiger partial charge on any atom is -0.353 e. The third-order valence-corrected chi connectivity index (χ3v) is 4.58. The molecule has 3 rings (SSSR count). The molecule has 0 spiro atoms. The van der Waals surface area contributed by atoms with Crippen molar-refractivity contribution in [3.05, 3.63) is 36.0 Å². The molecule has 2 heterocycles. The second-order valence-electron chi connectivity index (χ2n) is 6.24. The maximum Gasteiger partial charge on any atom is 0.417 e. The molecule has 1 fully saturated rings. The largest absolute Gasteiger partial charge is 0.417 e. The topological polar surface area (TPSA) is 36.4 Å². The third kappa shape index (κ3) is 3.88. The van der Waals surface area contributed by atoms with Gasteiger partial charge in [-0.1, -0.05) is 12.2 Å². The molecule has 1 aliphatic carbocycles. The lowest BCUT2D eigenvalue weighted by molar-refractivity contribution is -0.138. The molecule has 0 N–H and O–H groups in total. The van der Waals surface area contributed by atoms with Gasteiger partial charge in [0, 0.05) is 38.8 Å². The highest BCUT2D eigenvalue weighted by molar-refractivity contribution is 5.77. The maximum absolute atomic E-state index is 12.6. The Morgan fingerprint density at radius 1 is 1.21 bits per heavy atom. The van der Waals surface area contributed by atoms with Crippen LogP contribution < -0.4 is 4.90 Å². The van der Waals surface area contributed by atoms with Gasteiger partial charge in [-0.25, -0.2) is 4.98 Å². The highest BCUT2D eigenvalue weighted by atomic mass is 19.4. The van der Waals surface area contributed by atoms with Gasteiger partial charge in [0.1, 0.15) is 5.82 Å². The van der Waals surface area contributed by atoms with Crippen LogP contribution in [0.3, 0.4) is 0 Å². The average Bonchev–Trinajstić information content (AvgIpc) is 3.07. The minimum absolute atomic E-state index is 0.159. The first-order valence-corrected chi connectivity index (χ1v) is 8.16. The molecule has 0 saturated carbocycles. The number of alkyl halides is 3. The number of carbonyl (C=O) groups excluding carboxylic acids is 1. The molecule has 4 nitrogen and oxygen atoms in total. The Labute approximate surface area is 139 Å². The van der Waals surface area contributed by atoms with E-state index in [-0.39, 0.29) is 5.91 Å². The summed E-state index contributed by atoms with van der Waals surface area (Å²) in [4.78, 5) is 20.0. The van der Waals surface area contributed by atoms with Crippen molar-refractivity contribution in [2.45, 2.75) is 25.4 Å². The van der Waals surface area contributed by atoms with Crippen LogP contribution in [0.2, 0.25) is 0 Å². The molecule has 1 atom stereocenters. The van der Waals surface area contributed by atoms with Gasteiger partial charge in [-0.05, 0) is 30.9 Å². The van der Waals surface area contributed by atoms with Crippen LogP contribution in [0.15, 0.2) is 30.5 Å². The van der Waals surface area contributed by atoms with Gasteiger partial charge in [-0.3, -0.25) is 4.79 Å². The van der Waals surface area contributed by atoms with E-state index in [1.165, 1.54) is 6.07 Å². The van der Waals surface area contributed by atoms with Crippen molar-refractivity contribution in [3.8, 4) is 0 Å². The van der Waals surface area contributed by atoms with Crippen LogP contribution in [0.25, 0.3) is 0 Å². The van der Waals surface area contributed by atoms with Crippen LogP contribution in [0.4, 0.5) is 19.0 Å². The second kappa shape index (κ2) is 6.83. The number of carbonyl (C=O) groups is 1. The Balaban J connectivity index is 1.53. The van der Waals surface area contributed by atoms with Gasteiger partial charge < -0.3 is 9.80 Å². The van der Waals surface area contributed by atoms with E-state index in [4.69, 9.17) is 0 Å². The predicted molar refractivity (Wildman–Crippen MR) is 84.5 cm³/mol. The summed E-state index contributed by atoms with van der Waals surface area (Å²) in [7, 11) is 0. The molecule has 1 unspecified atom stereocenters. The first-order chi connectivity index (χ1) is 11.4. The number of aromatic nitrogens is 1. The number of piperazine rings is 1. The normalized spacial score (nSPS) is 21.4. The number of rotatable bonds is 3. The monoisotopic (exact) mass is 339 g/mol. The molecule has 0 bridgehead atoms. The fraction of sp³-hybridized carbons (Fsp3) is 0.529. The molecule has 130 valence electrons. The SMILES string of the molecule is O=C(CC1C=CCC1)N1CCN(c2ccc(C(F)(F)F)cn2)CC1. The molecule has 24 heavy (non-hydrogen) atoms. The summed E-state index contributed by atoms with van der Waals surface area (Å²) in [5.41, 5.74) is -0.746. The predicted octanol–water partition coefficient (Wildman–Crippen LogP) is 3.11. The van der Waals surface area contributed by atoms with Gasteiger partial charge >= 0.3 is 6.18 Å². The number of anilines is 1. The van der Waals surface area contributed by atoms with Crippen LogP contribution in [0, 0.1) is 5.92 Å². The molecule has 1 saturated heterocycles. The van der Waals surface area contributed by atoms with E-state index in [0.29, 0.717) is 44.3 Å². The Bertz CT molecular complexity index is 605. The smallest absolute Gasteiger partial charge is 0.353 e. The molecule has 1 aliphatic heterocycles. The molecule has 2 aliphatic rings. The molecule has 1 amide bonds. The van der Waals surface area contributed by atoms with Gasteiger partial charge in [0.2, 0.25) is 5.91 Å². The third-order valence-electron chi connectivity index (χ3n) is 4.58. The van der Waals surface area contributed by atoms with Gasteiger partial charge in [0.25, 0.3) is 0 Å². The summed E-state index contributed by atoms with van der Waals surface area (Å²) < 4.78 is 37.7. The van der Waals surface area contributed by atoms with Crippen LogP contribution >= 0.6 is 0 Å². The lowest BCUT2D eigenvalue weighted by atomic mass is 10.0. The summed E-state index contributed by atoms with van der Waals surface area (Å²) in [5.74, 6) is 1.03. The van der Waals surface area contributed by atoms with Crippen LogP contribution in [-0.4, -0.2) is 42.0 Å². The average molecular weight is 339 g/mol. The number of nitrogens with zero attached hydrogens (tertiary/aromatic N) is 3. The van der Waals surface area contributed by atoms with Crippen molar-refractivity contribution >= 4 is 11.7 Å². The molecule has 0 aromatic carbocycles. The van der Waals surface area contributed by atoms with Gasteiger partial charge in [-0.15, -0.1) is 0 Å². The second-order valence-corrected chi connectivity index (χ2v) is 6.24. The number of allylic oxidation sites excluding steroid dienone is 2.